The SMILES string of the molecule is Cc1ccc(Cn2c(C(C)O)nc3c2c(=O)n(CCCO)c(=O)n3C)cc1. The first kappa shape index (κ1) is 19.1. The molecule has 3 aromatic rings. The first-order valence-electron chi connectivity index (χ1n) is 8.89. The van der Waals surface area contributed by atoms with E-state index in [0.717, 1.165) is 15.7 Å². The minimum Gasteiger partial charge on any atom is -0.396 e. The van der Waals surface area contributed by atoms with E-state index in [1.807, 2.05) is 31.2 Å². The van der Waals surface area contributed by atoms with E-state index in [1.165, 1.54) is 4.57 Å². The van der Waals surface area contributed by atoms with Crippen molar-refractivity contribution in [1.29, 1.82) is 0 Å². The molecule has 3 rings (SSSR count). The monoisotopic (exact) mass is 372 g/mol. The summed E-state index contributed by atoms with van der Waals surface area (Å²) in [7, 11) is 1.55. The van der Waals surface area contributed by atoms with Gasteiger partial charge in [0.2, 0.25) is 0 Å². The molecule has 0 bridgehead atoms. The smallest absolute Gasteiger partial charge is 0.332 e. The molecule has 0 amide bonds. The van der Waals surface area contributed by atoms with Crippen LogP contribution >= 0.6 is 0 Å². The van der Waals surface area contributed by atoms with Gasteiger partial charge in [-0.3, -0.25) is 13.9 Å². The average Bonchev–Trinajstić information content (AvgIpc) is 3.01. The molecular weight excluding hydrogens is 348 g/mol. The van der Waals surface area contributed by atoms with Gasteiger partial charge in [0.25, 0.3) is 5.56 Å². The first-order chi connectivity index (χ1) is 12.8. The third-order valence-electron chi connectivity index (χ3n) is 4.64. The molecule has 0 radical (unpaired) electrons. The van der Waals surface area contributed by atoms with Gasteiger partial charge in [0.15, 0.2) is 11.2 Å². The van der Waals surface area contributed by atoms with Gasteiger partial charge in [-0.05, 0) is 25.8 Å². The summed E-state index contributed by atoms with van der Waals surface area (Å²) in [5, 5.41) is 19.2. The fourth-order valence-electron chi connectivity index (χ4n) is 3.17. The van der Waals surface area contributed by atoms with Crippen molar-refractivity contribution >= 4 is 11.2 Å². The van der Waals surface area contributed by atoms with Crippen LogP contribution in [0, 0.1) is 6.92 Å². The van der Waals surface area contributed by atoms with Gasteiger partial charge in [0, 0.05) is 26.7 Å². The highest BCUT2D eigenvalue weighted by atomic mass is 16.3. The van der Waals surface area contributed by atoms with Gasteiger partial charge in [-0.15, -0.1) is 0 Å². The number of nitrogens with zero attached hydrogens (tertiary/aromatic N) is 4. The summed E-state index contributed by atoms with van der Waals surface area (Å²) in [5.74, 6) is 0.331. The third-order valence-corrected chi connectivity index (χ3v) is 4.64. The number of imidazole rings is 1. The predicted octanol–water partition coefficient (Wildman–Crippen LogP) is 0.689. The molecule has 1 aromatic carbocycles. The fourth-order valence-corrected chi connectivity index (χ4v) is 3.17. The van der Waals surface area contributed by atoms with Crippen molar-refractivity contribution in [3.8, 4) is 0 Å². The van der Waals surface area contributed by atoms with Crippen LogP contribution in [-0.4, -0.2) is 35.5 Å². The second kappa shape index (κ2) is 7.50. The van der Waals surface area contributed by atoms with Gasteiger partial charge >= 0.3 is 5.69 Å². The molecule has 1 atom stereocenters. The van der Waals surface area contributed by atoms with Gasteiger partial charge in [0.05, 0.1) is 0 Å². The van der Waals surface area contributed by atoms with E-state index in [-0.39, 0.29) is 24.3 Å². The van der Waals surface area contributed by atoms with Crippen molar-refractivity contribution in [2.75, 3.05) is 6.61 Å². The van der Waals surface area contributed by atoms with E-state index in [2.05, 4.69) is 4.98 Å². The number of aliphatic hydroxyl groups is 2. The molecule has 0 aliphatic rings. The number of aromatic nitrogens is 4. The molecule has 8 heteroatoms. The third kappa shape index (κ3) is 3.45. The molecule has 0 aliphatic carbocycles. The maximum Gasteiger partial charge on any atom is 0.332 e. The first-order valence-corrected chi connectivity index (χ1v) is 8.89. The van der Waals surface area contributed by atoms with E-state index >= 15 is 0 Å². The Balaban J connectivity index is 2.28. The number of rotatable bonds is 6. The Morgan fingerprint density at radius 3 is 2.41 bits per heavy atom. The molecule has 0 aliphatic heterocycles. The van der Waals surface area contributed by atoms with Crippen LogP contribution in [0.2, 0.25) is 0 Å². The summed E-state index contributed by atoms with van der Waals surface area (Å²) in [6, 6.07) is 7.87. The number of aryl methyl sites for hydroxylation is 2. The molecule has 0 saturated heterocycles. The van der Waals surface area contributed by atoms with E-state index in [9.17, 15) is 14.7 Å². The lowest BCUT2D eigenvalue weighted by molar-refractivity contribution is 0.185. The molecule has 0 spiro atoms. The Bertz CT molecular complexity index is 1070. The lowest BCUT2D eigenvalue weighted by atomic mass is 10.1. The number of aliphatic hydroxyl groups excluding tert-OH is 2. The van der Waals surface area contributed by atoms with Crippen molar-refractivity contribution in [1.82, 2.24) is 18.7 Å². The van der Waals surface area contributed by atoms with Crippen LogP contribution in [0.4, 0.5) is 0 Å². The minimum absolute atomic E-state index is 0.116. The van der Waals surface area contributed by atoms with E-state index in [4.69, 9.17) is 5.11 Å². The average molecular weight is 372 g/mol. The van der Waals surface area contributed by atoms with Crippen LogP contribution in [0.15, 0.2) is 33.9 Å². The molecule has 2 N–H and O–H groups in total. The van der Waals surface area contributed by atoms with Gasteiger partial charge in [-0.25, -0.2) is 9.78 Å². The van der Waals surface area contributed by atoms with Crippen LogP contribution in [-0.2, 0) is 20.1 Å². The van der Waals surface area contributed by atoms with Crippen molar-refractivity contribution in [3.05, 3.63) is 62.1 Å². The van der Waals surface area contributed by atoms with Crippen molar-refractivity contribution in [3.63, 3.8) is 0 Å². The molecule has 1 unspecified atom stereocenters. The zero-order valence-electron chi connectivity index (χ0n) is 15.7. The number of hydrogen-bond donors (Lipinski definition) is 2. The molecule has 8 nitrogen and oxygen atoms in total. The van der Waals surface area contributed by atoms with Crippen LogP contribution in [0.25, 0.3) is 11.2 Å². The summed E-state index contributed by atoms with van der Waals surface area (Å²) in [6.45, 7) is 3.93. The fraction of sp³-hybridized carbons (Fsp3) is 0.421. The zero-order valence-corrected chi connectivity index (χ0v) is 15.7. The molecular formula is C19H24N4O4. The summed E-state index contributed by atoms with van der Waals surface area (Å²) in [4.78, 5) is 29.9. The Labute approximate surface area is 155 Å². The molecule has 0 saturated carbocycles. The van der Waals surface area contributed by atoms with Gasteiger partial charge in [-0.1, -0.05) is 29.8 Å². The molecule has 0 fully saturated rings. The van der Waals surface area contributed by atoms with Gasteiger partial charge in [-0.2, -0.15) is 0 Å². The summed E-state index contributed by atoms with van der Waals surface area (Å²) in [5.41, 5.74) is 1.64. The normalized spacial score (nSPS) is 12.6. The number of benzene rings is 1. The standard InChI is InChI=1S/C19H24N4O4/c1-12-5-7-14(8-6-12)11-23-15-17(20-16(23)13(2)25)21(3)19(27)22(18(15)26)9-4-10-24/h5-8,13,24-25H,4,9-11H2,1-3H3. The molecule has 2 aromatic heterocycles. The van der Waals surface area contributed by atoms with Crippen molar-refractivity contribution in [2.24, 2.45) is 7.05 Å². The van der Waals surface area contributed by atoms with Crippen LogP contribution < -0.4 is 11.2 Å². The van der Waals surface area contributed by atoms with E-state index < -0.39 is 17.4 Å². The number of fused-ring (bicyclic) bond motifs is 1. The summed E-state index contributed by atoms with van der Waals surface area (Å²) >= 11 is 0. The van der Waals surface area contributed by atoms with E-state index in [1.54, 1.807) is 18.5 Å². The quantitative estimate of drug-likeness (QED) is 0.663. The van der Waals surface area contributed by atoms with Crippen LogP contribution in [0.3, 0.4) is 0 Å². The Kier molecular flexibility index (Phi) is 5.29. The highest BCUT2D eigenvalue weighted by Crippen LogP contribution is 2.19. The highest BCUT2D eigenvalue weighted by molar-refractivity contribution is 5.71. The lowest BCUT2D eigenvalue weighted by Crippen LogP contribution is -2.40. The van der Waals surface area contributed by atoms with E-state index in [0.29, 0.717) is 18.8 Å². The Hall–Kier alpha value is -2.71. The predicted molar refractivity (Wildman–Crippen MR) is 102 cm³/mol. The Morgan fingerprint density at radius 1 is 1.15 bits per heavy atom. The Morgan fingerprint density at radius 2 is 1.81 bits per heavy atom. The topological polar surface area (TPSA) is 102 Å². The molecule has 27 heavy (non-hydrogen) atoms. The van der Waals surface area contributed by atoms with Crippen molar-refractivity contribution < 1.29 is 10.2 Å². The maximum absolute atomic E-state index is 13.0. The molecule has 144 valence electrons. The largest absolute Gasteiger partial charge is 0.396 e. The minimum atomic E-state index is -0.900. The van der Waals surface area contributed by atoms with Crippen LogP contribution in [0.5, 0.6) is 0 Å². The second-order valence-electron chi connectivity index (χ2n) is 6.77. The highest BCUT2D eigenvalue weighted by Gasteiger charge is 2.22. The lowest BCUT2D eigenvalue weighted by Gasteiger charge is -2.12. The van der Waals surface area contributed by atoms with Crippen LogP contribution in [0.1, 0.15) is 36.4 Å². The van der Waals surface area contributed by atoms with Gasteiger partial charge in [0.1, 0.15) is 11.9 Å². The maximum atomic E-state index is 13.0. The van der Waals surface area contributed by atoms with Crippen molar-refractivity contribution in [2.45, 2.75) is 39.5 Å². The molecule has 2 heterocycles. The van der Waals surface area contributed by atoms with Gasteiger partial charge < -0.3 is 14.8 Å². The zero-order chi connectivity index (χ0) is 19.7. The second-order valence-corrected chi connectivity index (χ2v) is 6.77. The summed E-state index contributed by atoms with van der Waals surface area (Å²) < 4.78 is 4.09. The number of hydrogen-bond acceptors (Lipinski definition) is 5. The summed E-state index contributed by atoms with van der Waals surface area (Å²) in [6.07, 6.45) is -0.598.